The Kier molecular flexibility index (Phi) is 8.54. The molecule has 0 saturated carbocycles. The lowest BCUT2D eigenvalue weighted by Crippen LogP contribution is -2.18. The molecule has 1 atom stereocenters. The van der Waals surface area contributed by atoms with Crippen molar-refractivity contribution in [2.24, 2.45) is 5.92 Å². The van der Waals surface area contributed by atoms with Gasteiger partial charge in [-0.3, -0.25) is 4.79 Å². The second-order valence-corrected chi connectivity index (χ2v) is 6.39. The molecular weight excluding hydrogens is 308 g/mol. The van der Waals surface area contributed by atoms with Crippen LogP contribution in [0.4, 0.5) is 0 Å². The highest BCUT2D eigenvalue weighted by Crippen LogP contribution is 2.19. The first-order valence-corrected chi connectivity index (χ1v) is 9.15. The molecule has 0 spiro atoms. The average molecular weight is 336 g/mol. The highest BCUT2D eigenvalue weighted by Gasteiger charge is 2.19. The molecule has 0 saturated heterocycles. The second-order valence-electron chi connectivity index (χ2n) is 6.39. The minimum Gasteiger partial charge on any atom is -0.461 e. The van der Waals surface area contributed by atoms with E-state index in [0.717, 1.165) is 44.1 Å². The molecule has 2 heteroatoms. The summed E-state index contributed by atoms with van der Waals surface area (Å²) in [7, 11) is 0. The van der Waals surface area contributed by atoms with Crippen LogP contribution >= 0.6 is 0 Å². The molecule has 132 valence electrons. The maximum Gasteiger partial charge on any atom is 0.309 e. The van der Waals surface area contributed by atoms with Crippen LogP contribution in [0, 0.1) is 5.92 Å². The van der Waals surface area contributed by atoms with E-state index in [2.05, 4.69) is 30.8 Å². The Morgan fingerprint density at radius 2 is 1.56 bits per heavy atom. The van der Waals surface area contributed by atoms with E-state index in [1.165, 1.54) is 5.56 Å². The molecule has 2 nitrogen and oxygen atoms in total. The highest BCUT2D eigenvalue weighted by atomic mass is 16.5. The number of carbonyl (C=O) groups is 1. The van der Waals surface area contributed by atoms with E-state index in [-0.39, 0.29) is 11.9 Å². The Morgan fingerprint density at radius 1 is 0.920 bits per heavy atom. The van der Waals surface area contributed by atoms with E-state index in [9.17, 15) is 4.79 Å². The van der Waals surface area contributed by atoms with Crippen LogP contribution in [0.3, 0.4) is 0 Å². The van der Waals surface area contributed by atoms with E-state index in [4.69, 9.17) is 4.74 Å². The van der Waals surface area contributed by atoms with E-state index in [1.54, 1.807) is 0 Å². The first-order chi connectivity index (χ1) is 12.3. The number of esters is 1. The van der Waals surface area contributed by atoms with Crippen molar-refractivity contribution in [3.05, 3.63) is 84.4 Å². The third kappa shape index (κ3) is 7.38. The first-order valence-electron chi connectivity index (χ1n) is 9.15. The predicted molar refractivity (Wildman–Crippen MR) is 103 cm³/mol. The molecule has 1 unspecified atom stereocenters. The van der Waals surface area contributed by atoms with Gasteiger partial charge in [0, 0.05) is 0 Å². The maximum atomic E-state index is 12.4. The van der Waals surface area contributed by atoms with Crippen LogP contribution in [0.5, 0.6) is 0 Å². The molecule has 0 amide bonds. The number of allylic oxidation sites excluding steroid dienone is 1. The summed E-state index contributed by atoms with van der Waals surface area (Å²) in [5.41, 5.74) is 2.39. The van der Waals surface area contributed by atoms with Gasteiger partial charge in [-0.05, 0) is 43.2 Å². The van der Waals surface area contributed by atoms with Crippen molar-refractivity contribution >= 4 is 5.97 Å². The minimum absolute atomic E-state index is 0.0301. The fourth-order valence-electron chi connectivity index (χ4n) is 2.91. The molecule has 0 aliphatic carbocycles. The van der Waals surface area contributed by atoms with Crippen LogP contribution in [-0.4, -0.2) is 5.97 Å². The van der Waals surface area contributed by atoms with Crippen LogP contribution < -0.4 is 0 Å². The second kappa shape index (κ2) is 11.2. The summed E-state index contributed by atoms with van der Waals surface area (Å²) in [5.74, 6) is -0.108. The van der Waals surface area contributed by atoms with Gasteiger partial charge in [-0.15, -0.1) is 6.58 Å². The number of hydrogen-bond donors (Lipinski definition) is 0. The molecule has 2 rings (SSSR count). The summed E-state index contributed by atoms with van der Waals surface area (Å²) < 4.78 is 5.53. The van der Waals surface area contributed by atoms with E-state index in [0.29, 0.717) is 6.61 Å². The molecule has 0 fully saturated rings. The van der Waals surface area contributed by atoms with Crippen LogP contribution in [0.25, 0.3) is 0 Å². The molecular formula is C23H28O2. The van der Waals surface area contributed by atoms with Gasteiger partial charge in [-0.1, -0.05) is 73.2 Å². The van der Waals surface area contributed by atoms with Crippen molar-refractivity contribution in [1.82, 2.24) is 0 Å². The van der Waals surface area contributed by atoms with Gasteiger partial charge in [0.25, 0.3) is 0 Å². The Balaban J connectivity index is 1.76. The van der Waals surface area contributed by atoms with Crippen molar-refractivity contribution in [3.63, 3.8) is 0 Å². The standard InChI is InChI=1S/C23H28O2/c1-2-3-17-22(18-11-10-14-20-12-6-4-7-13-20)23(24)25-19-21-15-8-5-9-16-21/h2,4-9,12-13,15-16,22H,1,3,10-11,14,17-19H2. The maximum absolute atomic E-state index is 12.4. The zero-order valence-corrected chi connectivity index (χ0v) is 14.9. The molecule has 0 aliphatic heterocycles. The highest BCUT2D eigenvalue weighted by molar-refractivity contribution is 5.72. The van der Waals surface area contributed by atoms with E-state index in [1.807, 2.05) is 42.5 Å². The summed E-state index contributed by atoms with van der Waals surface area (Å²) in [5, 5.41) is 0. The number of unbranched alkanes of at least 4 members (excludes halogenated alkanes) is 1. The molecule has 2 aromatic rings. The molecule has 2 aromatic carbocycles. The lowest BCUT2D eigenvalue weighted by atomic mass is 9.95. The van der Waals surface area contributed by atoms with Crippen LogP contribution in [-0.2, 0) is 22.6 Å². The molecule has 0 heterocycles. The number of rotatable bonds is 11. The number of carbonyl (C=O) groups excluding carboxylic acids is 1. The van der Waals surface area contributed by atoms with Gasteiger partial charge >= 0.3 is 5.97 Å². The normalized spacial score (nSPS) is 11.7. The van der Waals surface area contributed by atoms with Gasteiger partial charge < -0.3 is 4.74 Å². The summed E-state index contributed by atoms with van der Waals surface area (Å²) in [6.07, 6.45) is 7.63. The van der Waals surface area contributed by atoms with Gasteiger partial charge in [0.1, 0.15) is 6.61 Å². The average Bonchev–Trinajstić information content (AvgIpc) is 2.67. The monoisotopic (exact) mass is 336 g/mol. The topological polar surface area (TPSA) is 26.3 Å². The predicted octanol–water partition coefficient (Wildman–Crippen LogP) is 5.73. The summed E-state index contributed by atoms with van der Waals surface area (Å²) in [6, 6.07) is 20.3. The molecule has 0 aromatic heterocycles. The summed E-state index contributed by atoms with van der Waals surface area (Å²) in [6.45, 7) is 4.12. The van der Waals surface area contributed by atoms with E-state index < -0.39 is 0 Å². The Bertz CT molecular complexity index is 619. The number of benzene rings is 2. The van der Waals surface area contributed by atoms with Crippen molar-refractivity contribution in [2.45, 2.75) is 45.1 Å². The van der Waals surface area contributed by atoms with Gasteiger partial charge in [0.05, 0.1) is 5.92 Å². The zero-order chi connectivity index (χ0) is 17.7. The zero-order valence-electron chi connectivity index (χ0n) is 14.9. The Hall–Kier alpha value is -2.35. The number of aryl methyl sites for hydroxylation is 1. The first kappa shape index (κ1) is 19.0. The van der Waals surface area contributed by atoms with Crippen molar-refractivity contribution in [1.29, 1.82) is 0 Å². The summed E-state index contributed by atoms with van der Waals surface area (Å²) >= 11 is 0. The SMILES string of the molecule is C=CCCC(CCCCc1ccccc1)C(=O)OCc1ccccc1. The molecule has 0 aliphatic rings. The fourth-order valence-corrected chi connectivity index (χ4v) is 2.91. The lowest BCUT2D eigenvalue weighted by molar-refractivity contribution is -0.150. The van der Waals surface area contributed by atoms with Crippen molar-refractivity contribution in [2.75, 3.05) is 0 Å². The summed E-state index contributed by atoms with van der Waals surface area (Å²) in [4.78, 5) is 12.4. The Labute approximate surface area is 151 Å². The van der Waals surface area contributed by atoms with Gasteiger partial charge in [0.2, 0.25) is 0 Å². The molecule has 0 bridgehead atoms. The molecule has 25 heavy (non-hydrogen) atoms. The molecule has 0 radical (unpaired) electrons. The van der Waals surface area contributed by atoms with Crippen molar-refractivity contribution in [3.8, 4) is 0 Å². The quantitative estimate of drug-likeness (QED) is 0.298. The third-order valence-corrected chi connectivity index (χ3v) is 4.39. The van der Waals surface area contributed by atoms with Gasteiger partial charge in [0.15, 0.2) is 0 Å². The number of hydrogen-bond acceptors (Lipinski definition) is 2. The van der Waals surface area contributed by atoms with Gasteiger partial charge in [-0.2, -0.15) is 0 Å². The third-order valence-electron chi connectivity index (χ3n) is 4.39. The Morgan fingerprint density at radius 3 is 2.20 bits per heavy atom. The van der Waals surface area contributed by atoms with Crippen LogP contribution in [0.1, 0.15) is 43.2 Å². The fraction of sp³-hybridized carbons (Fsp3) is 0.348. The minimum atomic E-state index is -0.0783. The largest absolute Gasteiger partial charge is 0.461 e. The number of ether oxygens (including phenoxy) is 1. The van der Waals surface area contributed by atoms with Crippen LogP contribution in [0.2, 0.25) is 0 Å². The smallest absolute Gasteiger partial charge is 0.309 e. The van der Waals surface area contributed by atoms with Crippen LogP contribution in [0.15, 0.2) is 73.3 Å². The van der Waals surface area contributed by atoms with E-state index >= 15 is 0 Å². The molecule has 0 N–H and O–H groups in total. The van der Waals surface area contributed by atoms with Crippen molar-refractivity contribution < 1.29 is 9.53 Å². The lowest BCUT2D eigenvalue weighted by Gasteiger charge is -2.15. The van der Waals surface area contributed by atoms with Gasteiger partial charge in [-0.25, -0.2) is 0 Å².